The lowest BCUT2D eigenvalue weighted by Gasteiger charge is -2.16. The minimum absolute atomic E-state index is 0.288. The first-order valence-electron chi connectivity index (χ1n) is 8.85. The molecule has 2 amide bonds. The lowest BCUT2D eigenvalue weighted by molar-refractivity contribution is -0.910. The van der Waals surface area contributed by atoms with Gasteiger partial charge in [0.15, 0.2) is 0 Å². The van der Waals surface area contributed by atoms with Crippen molar-refractivity contribution in [2.75, 3.05) is 18.4 Å². The van der Waals surface area contributed by atoms with E-state index in [2.05, 4.69) is 29.7 Å². The maximum absolute atomic E-state index is 11.9. The number of phenols is 1. The normalized spacial score (nSPS) is 11.5. The fourth-order valence-electron chi connectivity index (χ4n) is 2.60. The molecule has 6 heteroatoms. The van der Waals surface area contributed by atoms with Crippen LogP contribution in [0.25, 0.3) is 0 Å². The van der Waals surface area contributed by atoms with Gasteiger partial charge in [-0.3, -0.25) is 0 Å². The molecule has 0 saturated carbocycles. The number of para-hydroxylation sites is 1. The minimum Gasteiger partial charge on any atom is -0.507 e. The molecule has 0 bridgehead atoms. The van der Waals surface area contributed by atoms with Gasteiger partial charge in [0.05, 0.1) is 18.8 Å². The van der Waals surface area contributed by atoms with Crippen molar-refractivity contribution >= 4 is 17.4 Å². The summed E-state index contributed by atoms with van der Waals surface area (Å²) in [5.74, 6) is 0.288. The van der Waals surface area contributed by atoms with Gasteiger partial charge in [0.2, 0.25) is 0 Å². The fraction of sp³-hybridized carbons (Fsp3) is 0.300. The average molecular weight is 355 g/mol. The largest absolute Gasteiger partial charge is 0.507 e. The Morgan fingerprint density at radius 3 is 2.46 bits per heavy atom. The Morgan fingerprint density at radius 1 is 1.12 bits per heavy atom. The van der Waals surface area contributed by atoms with Gasteiger partial charge in [-0.2, -0.15) is 5.10 Å². The summed E-state index contributed by atoms with van der Waals surface area (Å²) >= 11 is 0. The third-order valence-corrected chi connectivity index (χ3v) is 4.29. The summed E-state index contributed by atoms with van der Waals surface area (Å²) in [6.07, 6.45) is 0. The predicted octanol–water partition coefficient (Wildman–Crippen LogP) is 2.36. The lowest BCUT2D eigenvalue weighted by atomic mass is 10.1. The molecule has 2 aromatic rings. The number of rotatable bonds is 7. The molecular weight excluding hydrogens is 328 g/mol. The van der Waals surface area contributed by atoms with Crippen molar-refractivity contribution < 1.29 is 14.8 Å². The number of nitrogens with one attached hydrogen (secondary N) is 3. The molecule has 0 spiro atoms. The van der Waals surface area contributed by atoms with Crippen molar-refractivity contribution in [2.24, 2.45) is 5.10 Å². The van der Waals surface area contributed by atoms with Crippen molar-refractivity contribution in [1.82, 2.24) is 5.43 Å². The highest BCUT2D eigenvalue weighted by atomic mass is 16.3. The van der Waals surface area contributed by atoms with E-state index < -0.39 is 6.03 Å². The molecule has 2 rings (SSSR count). The monoisotopic (exact) mass is 355 g/mol. The van der Waals surface area contributed by atoms with E-state index in [0.717, 1.165) is 30.8 Å². The lowest BCUT2D eigenvalue weighted by Crippen LogP contribution is -3.10. The van der Waals surface area contributed by atoms with E-state index in [1.807, 2.05) is 31.2 Å². The first kappa shape index (κ1) is 19.5. The molecular formula is C20H27N4O2+. The SMILES string of the molecule is CC[NH+](CC)Cc1cc(/C(C)=N/NC(=O)Nc2ccccc2)ccc1O. The van der Waals surface area contributed by atoms with Crippen molar-refractivity contribution in [1.29, 1.82) is 0 Å². The molecule has 0 radical (unpaired) electrons. The van der Waals surface area contributed by atoms with Gasteiger partial charge < -0.3 is 15.3 Å². The first-order chi connectivity index (χ1) is 12.5. The van der Waals surface area contributed by atoms with Crippen molar-refractivity contribution in [3.05, 3.63) is 59.7 Å². The van der Waals surface area contributed by atoms with Gasteiger partial charge in [0.25, 0.3) is 0 Å². The molecule has 0 atom stereocenters. The highest BCUT2D eigenvalue weighted by Gasteiger charge is 2.11. The number of phenolic OH excluding ortho intramolecular Hbond substituents is 1. The van der Waals surface area contributed by atoms with E-state index in [4.69, 9.17) is 0 Å². The van der Waals surface area contributed by atoms with Crippen molar-refractivity contribution in [3.63, 3.8) is 0 Å². The molecule has 0 aromatic heterocycles. The van der Waals surface area contributed by atoms with Crippen LogP contribution in [0.15, 0.2) is 53.6 Å². The van der Waals surface area contributed by atoms with Gasteiger partial charge in [0, 0.05) is 11.3 Å². The van der Waals surface area contributed by atoms with Gasteiger partial charge in [0.1, 0.15) is 12.3 Å². The van der Waals surface area contributed by atoms with E-state index in [-0.39, 0.29) is 5.75 Å². The van der Waals surface area contributed by atoms with Gasteiger partial charge in [-0.25, -0.2) is 10.2 Å². The number of nitrogens with zero attached hydrogens (tertiary/aromatic N) is 1. The zero-order valence-corrected chi connectivity index (χ0v) is 15.5. The number of anilines is 1. The number of urea groups is 1. The van der Waals surface area contributed by atoms with E-state index >= 15 is 0 Å². The molecule has 0 aliphatic rings. The Morgan fingerprint density at radius 2 is 1.81 bits per heavy atom. The molecule has 0 saturated heterocycles. The zero-order valence-electron chi connectivity index (χ0n) is 15.5. The van der Waals surface area contributed by atoms with Crippen LogP contribution in [-0.4, -0.2) is 29.9 Å². The maximum atomic E-state index is 11.9. The van der Waals surface area contributed by atoms with E-state index in [0.29, 0.717) is 11.4 Å². The fourth-order valence-corrected chi connectivity index (χ4v) is 2.60. The Kier molecular flexibility index (Phi) is 7.17. The zero-order chi connectivity index (χ0) is 18.9. The number of quaternary nitrogens is 1. The number of aromatic hydroxyl groups is 1. The first-order valence-corrected chi connectivity index (χ1v) is 8.85. The topological polar surface area (TPSA) is 78.2 Å². The summed E-state index contributed by atoms with van der Waals surface area (Å²) < 4.78 is 0. The number of benzene rings is 2. The molecule has 4 N–H and O–H groups in total. The third-order valence-electron chi connectivity index (χ3n) is 4.29. The van der Waals surface area contributed by atoms with Crippen LogP contribution in [-0.2, 0) is 6.54 Å². The predicted molar refractivity (Wildman–Crippen MR) is 105 cm³/mol. The van der Waals surface area contributed by atoms with Crippen LogP contribution < -0.4 is 15.6 Å². The number of hydrogen-bond donors (Lipinski definition) is 4. The third kappa shape index (κ3) is 5.60. The molecule has 0 aliphatic heterocycles. The van der Waals surface area contributed by atoms with E-state index in [1.165, 1.54) is 4.90 Å². The van der Waals surface area contributed by atoms with Crippen LogP contribution in [0, 0.1) is 0 Å². The van der Waals surface area contributed by atoms with Crippen LogP contribution in [0.4, 0.5) is 10.5 Å². The van der Waals surface area contributed by atoms with Crippen LogP contribution in [0.5, 0.6) is 5.75 Å². The Bertz CT molecular complexity index is 756. The molecule has 0 aliphatic carbocycles. The van der Waals surface area contributed by atoms with Crippen molar-refractivity contribution in [3.8, 4) is 5.75 Å². The van der Waals surface area contributed by atoms with E-state index in [9.17, 15) is 9.90 Å². The smallest absolute Gasteiger partial charge is 0.339 e. The highest BCUT2D eigenvalue weighted by Crippen LogP contribution is 2.18. The molecule has 0 unspecified atom stereocenters. The second-order valence-corrected chi connectivity index (χ2v) is 6.11. The van der Waals surface area contributed by atoms with Crippen LogP contribution in [0.1, 0.15) is 31.9 Å². The molecule has 2 aromatic carbocycles. The summed E-state index contributed by atoms with van der Waals surface area (Å²) in [6.45, 7) is 8.82. The van der Waals surface area contributed by atoms with Gasteiger partial charge in [-0.05, 0) is 56.7 Å². The minimum atomic E-state index is -0.401. The molecule has 0 fully saturated rings. The number of carbonyl (C=O) groups excluding carboxylic acids is 1. The molecule has 0 heterocycles. The van der Waals surface area contributed by atoms with Crippen LogP contribution >= 0.6 is 0 Å². The van der Waals surface area contributed by atoms with Crippen molar-refractivity contribution in [2.45, 2.75) is 27.3 Å². The standard InChI is InChI=1S/C20H26N4O2/c1-4-24(5-2)14-17-13-16(11-12-19(17)25)15(3)22-23-20(26)21-18-9-7-6-8-10-18/h6-13,25H,4-5,14H2,1-3H3,(H2,21,23,26)/p+1/b22-15+. The van der Waals surface area contributed by atoms with Crippen LogP contribution in [0.3, 0.4) is 0 Å². The van der Waals surface area contributed by atoms with Gasteiger partial charge in [-0.15, -0.1) is 0 Å². The number of hydrazone groups is 1. The summed E-state index contributed by atoms with van der Waals surface area (Å²) in [4.78, 5) is 13.3. The van der Waals surface area contributed by atoms with Gasteiger partial charge >= 0.3 is 6.03 Å². The molecule has 6 nitrogen and oxygen atoms in total. The summed E-state index contributed by atoms with van der Waals surface area (Å²) in [7, 11) is 0. The average Bonchev–Trinajstić information content (AvgIpc) is 2.66. The Labute approximate surface area is 154 Å². The molecule has 26 heavy (non-hydrogen) atoms. The van der Waals surface area contributed by atoms with Crippen LogP contribution in [0.2, 0.25) is 0 Å². The molecule has 138 valence electrons. The number of hydrogen-bond acceptors (Lipinski definition) is 3. The number of amides is 2. The summed E-state index contributed by atoms with van der Waals surface area (Å²) in [5, 5.41) is 17.0. The van der Waals surface area contributed by atoms with E-state index in [1.54, 1.807) is 24.3 Å². The quantitative estimate of drug-likeness (QED) is 0.454. The second kappa shape index (κ2) is 9.58. The van der Waals surface area contributed by atoms with Gasteiger partial charge in [-0.1, -0.05) is 18.2 Å². The Hall–Kier alpha value is -2.86. The summed E-state index contributed by atoms with van der Waals surface area (Å²) in [5.41, 5.74) is 5.61. The number of carbonyl (C=O) groups is 1. The highest BCUT2D eigenvalue weighted by molar-refractivity contribution is 6.00. The summed E-state index contributed by atoms with van der Waals surface area (Å²) in [6, 6.07) is 14.2. The second-order valence-electron chi connectivity index (χ2n) is 6.11. The Balaban J connectivity index is 2.04. The maximum Gasteiger partial charge on any atom is 0.339 e.